The first-order valence-electron chi connectivity index (χ1n) is 5.57. The molecule has 84 valence electrons. The summed E-state index contributed by atoms with van der Waals surface area (Å²) in [6.45, 7) is 6.07. The zero-order chi connectivity index (χ0) is 11.3. The number of rotatable bonds is 4. The molecule has 0 radical (unpaired) electrons. The summed E-state index contributed by atoms with van der Waals surface area (Å²) in [6.07, 6.45) is 2.24. The molecule has 15 heavy (non-hydrogen) atoms. The van der Waals surface area contributed by atoms with Crippen LogP contribution in [0.1, 0.15) is 26.7 Å². The van der Waals surface area contributed by atoms with Gasteiger partial charge in [-0.15, -0.1) is 0 Å². The van der Waals surface area contributed by atoms with Gasteiger partial charge in [0.1, 0.15) is 0 Å². The molecule has 1 N–H and O–H groups in total. The predicted molar refractivity (Wildman–Crippen MR) is 58.1 cm³/mol. The van der Waals surface area contributed by atoms with Gasteiger partial charge in [0.25, 0.3) is 0 Å². The summed E-state index contributed by atoms with van der Waals surface area (Å²) < 4.78 is 0. The monoisotopic (exact) mass is 209 g/mol. The quantitative estimate of drug-likeness (QED) is 0.743. The van der Waals surface area contributed by atoms with Crippen LogP contribution in [0.5, 0.6) is 0 Å². The summed E-state index contributed by atoms with van der Waals surface area (Å²) in [6, 6.07) is 1.97. The van der Waals surface area contributed by atoms with Crippen LogP contribution in [0, 0.1) is 17.2 Å². The lowest BCUT2D eigenvalue weighted by Crippen LogP contribution is -2.44. The lowest BCUT2D eigenvalue weighted by Gasteiger charge is -2.21. The van der Waals surface area contributed by atoms with Crippen molar-refractivity contribution in [2.45, 2.75) is 32.7 Å². The summed E-state index contributed by atoms with van der Waals surface area (Å²) in [5.41, 5.74) is 0. The maximum absolute atomic E-state index is 11.8. The molecule has 1 aliphatic rings. The van der Waals surface area contributed by atoms with Crippen LogP contribution in [0.15, 0.2) is 0 Å². The molecule has 1 fully saturated rings. The SMILES string of the molecule is CC(C#N)CNC(C)C(=O)N1CCCC1. The molecular formula is C11H19N3O. The number of hydrogen-bond donors (Lipinski definition) is 1. The fraction of sp³-hybridized carbons (Fsp3) is 0.818. The maximum Gasteiger partial charge on any atom is 0.239 e. The molecule has 1 rings (SSSR count). The fourth-order valence-electron chi connectivity index (χ4n) is 1.70. The van der Waals surface area contributed by atoms with Gasteiger partial charge in [-0.05, 0) is 26.7 Å². The normalized spacial score (nSPS) is 19.7. The van der Waals surface area contributed by atoms with Crippen molar-refractivity contribution in [2.24, 2.45) is 5.92 Å². The van der Waals surface area contributed by atoms with Crippen molar-refractivity contribution in [1.29, 1.82) is 5.26 Å². The van der Waals surface area contributed by atoms with E-state index in [1.807, 2.05) is 18.7 Å². The van der Waals surface area contributed by atoms with Crippen LogP contribution in [0.4, 0.5) is 0 Å². The summed E-state index contributed by atoms with van der Waals surface area (Å²) in [5, 5.41) is 11.7. The van der Waals surface area contributed by atoms with E-state index in [0.29, 0.717) is 6.54 Å². The third-order valence-corrected chi connectivity index (χ3v) is 2.74. The van der Waals surface area contributed by atoms with Crippen molar-refractivity contribution in [2.75, 3.05) is 19.6 Å². The van der Waals surface area contributed by atoms with E-state index in [-0.39, 0.29) is 17.9 Å². The molecule has 4 heteroatoms. The Morgan fingerprint density at radius 2 is 2.07 bits per heavy atom. The molecule has 0 spiro atoms. The van der Waals surface area contributed by atoms with Crippen molar-refractivity contribution in [3.63, 3.8) is 0 Å². The van der Waals surface area contributed by atoms with Crippen LogP contribution in [0.2, 0.25) is 0 Å². The minimum atomic E-state index is -0.168. The van der Waals surface area contributed by atoms with Gasteiger partial charge in [-0.2, -0.15) is 5.26 Å². The first-order valence-corrected chi connectivity index (χ1v) is 5.57. The van der Waals surface area contributed by atoms with Crippen LogP contribution < -0.4 is 5.32 Å². The molecule has 0 bridgehead atoms. The van der Waals surface area contributed by atoms with Gasteiger partial charge in [0.15, 0.2) is 0 Å². The summed E-state index contributed by atoms with van der Waals surface area (Å²) in [5.74, 6) is 0.122. The molecule has 0 aromatic heterocycles. The topological polar surface area (TPSA) is 56.1 Å². The molecular weight excluding hydrogens is 190 g/mol. The minimum absolute atomic E-state index is 0.0428. The van der Waals surface area contributed by atoms with E-state index in [4.69, 9.17) is 5.26 Å². The largest absolute Gasteiger partial charge is 0.341 e. The summed E-state index contributed by atoms with van der Waals surface area (Å²) >= 11 is 0. The van der Waals surface area contributed by atoms with Crippen LogP contribution in [0.25, 0.3) is 0 Å². The number of amides is 1. The molecule has 0 aromatic carbocycles. The van der Waals surface area contributed by atoms with Gasteiger partial charge in [-0.3, -0.25) is 4.79 Å². The molecule has 1 saturated heterocycles. The molecule has 0 aromatic rings. The number of nitriles is 1. The molecule has 2 atom stereocenters. The summed E-state index contributed by atoms with van der Waals surface area (Å²) in [4.78, 5) is 13.7. The number of hydrogen-bond acceptors (Lipinski definition) is 3. The van der Waals surface area contributed by atoms with Gasteiger partial charge < -0.3 is 10.2 Å². The Bertz CT molecular complexity index is 253. The second-order valence-corrected chi connectivity index (χ2v) is 4.19. The second-order valence-electron chi connectivity index (χ2n) is 4.19. The van der Waals surface area contributed by atoms with Gasteiger partial charge in [0.05, 0.1) is 18.0 Å². The van der Waals surface area contributed by atoms with Gasteiger partial charge in [0.2, 0.25) is 5.91 Å². The van der Waals surface area contributed by atoms with Gasteiger partial charge in [0, 0.05) is 19.6 Å². The molecule has 1 heterocycles. The van der Waals surface area contributed by atoms with E-state index < -0.39 is 0 Å². The van der Waals surface area contributed by atoms with Crippen molar-refractivity contribution < 1.29 is 4.79 Å². The van der Waals surface area contributed by atoms with E-state index in [1.165, 1.54) is 0 Å². The van der Waals surface area contributed by atoms with Crippen molar-refractivity contribution in [1.82, 2.24) is 10.2 Å². The Morgan fingerprint density at radius 1 is 1.47 bits per heavy atom. The van der Waals surface area contributed by atoms with Crippen LogP contribution in [-0.4, -0.2) is 36.5 Å². The first-order chi connectivity index (χ1) is 7.15. The molecule has 1 amide bonds. The number of carbonyl (C=O) groups excluding carboxylic acids is 1. The number of likely N-dealkylation sites (tertiary alicyclic amines) is 1. The molecule has 0 aliphatic carbocycles. The average Bonchev–Trinajstić information content (AvgIpc) is 2.77. The zero-order valence-corrected chi connectivity index (χ0v) is 9.49. The highest BCUT2D eigenvalue weighted by Gasteiger charge is 2.22. The highest BCUT2D eigenvalue weighted by Crippen LogP contribution is 2.08. The van der Waals surface area contributed by atoms with Crippen LogP contribution >= 0.6 is 0 Å². The smallest absolute Gasteiger partial charge is 0.239 e. The fourth-order valence-corrected chi connectivity index (χ4v) is 1.70. The molecule has 2 unspecified atom stereocenters. The Balaban J connectivity index is 2.30. The lowest BCUT2D eigenvalue weighted by atomic mass is 10.2. The van der Waals surface area contributed by atoms with Crippen molar-refractivity contribution in [3.8, 4) is 6.07 Å². The van der Waals surface area contributed by atoms with Gasteiger partial charge >= 0.3 is 0 Å². The van der Waals surface area contributed by atoms with E-state index in [1.54, 1.807) is 0 Å². The Kier molecular flexibility index (Phi) is 4.57. The Morgan fingerprint density at radius 3 is 2.60 bits per heavy atom. The lowest BCUT2D eigenvalue weighted by molar-refractivity contribution is -0.131. The molecule has 0 saturated carbocycles. The van der Waals surface area contributed by atoms with Crippen LogP contribution in [-0.2, 0) is 4.79 Å². The van der Waals surface area contributed by atoms with Gasteiger partial charge in [-0.25, -0.2) is 0 Å². The number of nitrogens with zero attached hydrogens (tertiary/aromatic N) is 2. The van der Waals surface area contributed by atoms with E-state index >= 15 is 0 Å². The Labute approximate surface area is 91.2 Å². The standard InChI is InChI=1S/C11H19N3O/c1-9(7-12)8-13-10(2)11(15)14-5-3-4-6-14/h9-10,13H,3-6,8H2,1-2H3. The predicted octanol–water partition coefficient (Wildman–Crippen LogP) is 0.747. The highest BCUT2D eigenvalue weighted by molar-refractivity contribution is 5.81. The molecule has 1 aliphatic heterocycles. The average molecular weight is 209 g/mol. The van der Waals surface area contributed by atoms with E-state index in [2.05, 4.69) is 11.4 Å². The van der Waals surface area contributed by atoms with Crippen LogP contribution in [0.3, 0.4) is 0 Å². The molecule has 4 nitrogen and oxygen atoms in total. The van der Waals surface area contributed by atoms with E-state index in [9.17, 15) is 4.79 Å². The first kappa shape index (κ1) is 12.0. The third-order valence-electron chi connectivity index (χ3n) is 2.74. The third kappa shape index (κ3) is 3.52. The zero-order valence-electron chi connectivity index (χ0n) is 9.49. The van der Waals surface area contributed by atoms with Crippen molar-refractivity contribution >= 4 is 5.91 Å². The van der Waals surface area contributed by atoms with E-state index in [0.717, 1.165) is 25.9 Å². The number of nitrogens with one attached hydrogen (secondary N) is 1. The Hall–Kier alpha value is -1.08. The maximum atomic E-state index is 11.8. The second kappa shape index (κ2) is 5.72. The van der Waals surface area contributed by atoms with Gasteiger partial charge in [-0.1, -0.05) is 0 Å². The van der Waals surface area contributed by atoms with Crippen molar-refractivity contribution in [3.05, 3.63) is 0 Å². The summed E-state index contributed by atoms with van der Waals surface area (Å²) in [7, 11) is 0. The number of carbonyl (C=O) groups is 1. The minimum Gasteiger partial charge on any atom is -0.341 e. The highest BCUT2D eigenvalue weighted by atomic mass is 16.2.